The average Bonchev–Trinajstić information content (AvgIpc) is 2.85. The fourth-order valence-electron chi connectivity index (χ4n) is 2.29. The molecule has 7 heteroatoms. The van der Waals surface area contributed by atoms with Crippen LogP contribution in [0.2, 0.25) is 0 Å². The van der Waals surface area contributed by atoms with Gasteiger partial charge in [0.1, 0.15) is 5.82 Å². The number of rotatable bonds is 3. The van der Waals surface area contributed by atoms with Crippen LogP contribution in [0.5, 0.6) is 0 Å². The molecule has 1 fully saturated rings. The molecule has 0 saturated carbocycles. The number of nitrogens with zero attached hydrogens (tertiary/aromatic N) is 3. The Hall–Kier alpha value is -1.05. The number of thioether (sulfide) groups is 1. The van der Waals surface area contributed by atoms with Crippen molar-refractivity contribution in [3.05, 3.63) is 12.0 Å². The molecule has 1 aliphatic heterocycles. The molecule has 0 spiro atoms. The lowest BCUT2D eigenvalue weighted by atomic mass is 9.96. The zero-order valence-corrected chi connectivity index (χ0v) is 15.5. The predicted molar refractivity (Wildman–Crippen MR) is 96.8 cm³/mol. The molecule has 1 aromatic heterocycles. The Morgan fingerprint density at radius 3 is 2.87 bits per heavy atom. The maximum absolute atomic E-state index is 12.1. The minimum atomic E-state index is -0.415. The molecule has 0 aromatic carbocycles. The summed E-state index contributed by atoms with van der Waals surface area (Å²) in [6.45, 7) is 10.7. The Kier molecular flexibility index (Phi) is 6.50. The Morgan fingerprint density at radius 1 is 1.35 bits per heavy atom. The molecule has 0 radical (unpaired) electrons. The molecule has 2 rings (SSSR count). The number of carbonyl (C=O) groups excluding carboxylic acids is 1. The lowest BCUT2D eigenvalue weighted by Crippen LogP contribution is -2.33. The van der Waals surface area contributed by atoms with Crippen LogP contribution in [-0.2, 0) is 18.4 Å². The fourth-order valence-corrected chi connectivity index (χ4v) is 3.17. The number of carbonyl (C=O) groups is 1. The third-order valence-electron chi connectivity index (χ3n) is 3.84. The van der Waals surface area contributed by atoms with Crippen molar-refractivity contribution in [1.82, 2.24) is 19.8 Å². The number of imidazole rings is 1. The van der Waals surface area contributed by atoms with Gasteiger partial charge in [-0.3, -0.25) is 9.69 Å². The normalized spacial score (nSPS) is 18.1. The highest BCUT2D eigenvalue weighted by Gasteiger charge is 2.22. The second kappa shape index (κ2) is 8.17. The van der Waals surface area contributed by atoms with Gasteiger partial charge in [0.05, 0.1) is 6.54 Å². The Labute approximate surface area is 143 Å². The number of nitrogens with one attached hydrogen (secondary N) is 2. The van der Waals surface area contributed by atoms with E-state index in [0.717, 1.165) is 44.3 Å². The molecule has 1 aliphatic rings. The Balaban J connectivity index is 1.98. The van der Waals surface area contributed by atoms with E-state index in [1.54, 1.807) is 0 Å². The zero-order chi connectivity index (χ0) is 16.9. The summed E-state index contributed by atoms with van der Waals surface area (Å²) in [7, 11) is 1.98. The topological polar surface area (TPSA) is 62.2 Å². The van der Waals surface area contributed by atoms with Crippen molar-refractivity contribution >= 4 is 23.5 Å². The van der Waals surface area contributed by atoms with E-state index in [-0.39, 0.29) is 5.91 Å². The minimum Gasteiger partial charge on any atom is -0.335 e. The number of hydrogen-bond acceptors (Lipinski definition) is 5. The van der Waals surface area contributed by atoms with Crippen molar-refractivity contribution in [3.63, 3.8) is 0 Å². The molecule has 1 amide bonds. The van der Waals surface area contributed by atoms with Crippen molar-refractivity contribution in [2.45, 2.75) is 27.3 Å². The van der Waals surface area contributed by atoms with Gasteiger partial charge >= 0.3 is 0 Å². The zero-order valence-electron chi connectivity index (χ0n) is 14.7. The van der Waals surface area contributed by atoms with E-state index < -0.39 is 5.41 Å². The first-order chi connectivity index (χ1) is 10.9. The van der Waals surface area contributed by atoms with E-state index in [1.807, 2.05) is 50.3 Å². The van der Waals surface area contributed by atoms with Gasteiger partial charge in [0.2, 0.25) is 5.91 Å². The van der Waals surface area contributed by atoms with E-state index in [2.05, 4.69) is 20.5 Å². The van der Waals surface area contributed by atoms with Crippen LogP contribution in [0.15, 0.2) is 6.20 Å². The number of anilines is 1. The smallest absolute Gasteiger partial charge is 0.230 e. The van der Waals surface area contributed by atoms with Crippen LogP contribution < -0.4 is 10.6 Å². The molecule has 2 heterocycles. The van der Waals surface area contributed by atoms with Gasteiger partial charge in [0.25, 0.3) is 0 Å². The fraction of sp³-hybridized carbons (Fsp3) is 0.750. The summed E-state index contributed by atoms with van der Waals surface area (Å²) in [6, 6.07) is 0. The SMILES string of the molecule is Cn1cc(NC(=O)C(C)(C)C)nc1CN1CCNCCSCC1. The monoisotopic (exact) mass is 339 g/mol. The van der Waals surface area contributed by atoms with Crippen LogP contribution in [0.25, 0.3) is 0 Å². The number of amides is 1. The van der Waals surface area contributed by atoms with Gasteiger partial charge in [-0.05, 0) is 0 Å². The Morgan fingerprint density at radius 2 is 2.13 bits per heavy atom. The van der Waals surface area contributed by atoms with E-state index in [0.29, 0.717) is 5.82 Å². The molecule has 6 nitrogen and oxygen atoms in total. The second-order valence-electron chi connectivity index (χ2n) is 7.00. The van der Waals surface area contributed by atoms with Gasteiger partial charge in [-0.2, -0.15) is 11.8 Å². The first kappa shape index (κ1) is 18.3. The molecule has 2 N–H and O–H groups in total. The quantitative estimate of drug-likeness (QED) is 0.875. The predicted octanol–water partition coefficient (Wildman–Crippen LogP) is 1.54. The summed E-state index contributed by atoms with van der Waals surface area (Å²) in [5.74, 6) is 3.95. The summed E-state index contributed by atoms with van der Waals surface area (Å²) >= 11 is 1.99. The van der Waals surface area contributed by atoms with E-state index >= 15 is 0 Å². The lowest BCUT2D eigenvalue weighted by Gasteiger charge is -2.20. The molecular formula is C16H29N5OS. The largest absolute Gasteiger partial charge is 0.335 e. The van der Waals surface area contributed by atoms with Crippen LogP contribution in [0.1, 0.15) is 26.6 Å². The van der Waals surface area contributed by atoms with Crippen LogP contribution in [0.4, 0.5) is 5.82 Å². The van der Waals surface area contributed by atoms with Crippen LogP contribution in [0.3, 0.4) is 0 Å². The van der Waals surface area contributed by atoms with Crippen LogP contribution in [0, 0.1) is 5.41 Å². The van der Waals surface area contributed by atoms with Crippen molar-refractivity contribution in [2.24, 2.45) is 12.5 Å². The molecule has 0 atom stereocenters. The van der Waals surface area contributed by atoms with E-state index in [1.165, 1.54) is 5.75 Å². The van der Waals surface area contributed by atoms with Crippen LogP contribution >= 0.6 is 11.8 Å². The maximum atomic E-state index is 12.1. The minimum absolute atomic E-state index is 0.00880. The van der Waals surface area contributed by atoms with Gasteiger partial charge in [0, 0.05) is 56.3 Å². The first-order valence-corrected chi connectivity index (χ1v) is 9.36. The molecule has 0 aliphatic carbocycles. The summed E-state index contributed by atoms with van der Waals surface area (Å²) in [5.41, 5.74) is -0.415. The summed E-state index contributed by atoms with van der Waals surface area (Å²) < 4.78 is 2.01. The highest BCUT2D eigenvalue weighted by atomic mass is 32.2. The van der Waals surface area contributed by atoms with Gasteiger partial charge in [-0.25, -0.2) is 4.98 Å². The average molecular weight is 340 g/mol. The molecule has 130 valence electrons. The van der Waals surface area contributed by atoms with Crippen molar-refractivity contribution < 1.29 is 4.79 Å². The van der Waals surface area contributed by atoms with Crippen molar-refractivity contribution in [3.8, 4) is 0 Å². The number of aryl methyl sites for hydroxylation is 1. The molecule has 1 saturated heterocycles. The maximum Gasteiger partial charge on any atom is 0.230 e. The van der Waals surface area contributed by atoms with Crippen molar-refractivity contribution in [1.29, 1.82) is 0 Å². The molecule has 0 bridgehead atoms. The third-order valence-corrected chi connectivity index (χ3v) is 4.80. The first-order valence-electron chi connectivity index (χ1n) is 8.21. The van der Waals surface area contributed by atoms with E-state index in [9.17, 15) is 4.79 Å². The summed E-state index contributed by atoms with van der Waals surface area (Å²) in [6.07, 6.45) is 1.89. The number of hydrogen-bond donors (Lipinski definition) is 2. The Bertz CT molecular complexity index is 513. The third kappa shape index (κ3) is 5.82. The van der Waals surface area contributed by atoms with Gasteiger partial charge < -0.3 is 15.2 Å². The van der Waals surface area contributed by atoms with Gasteiger partial charge in [-0.1, -0.05) is 20.8 Å². The molecule has 0 unspecified atom stereocenters. The highest BCUT2D eigenvalue weighted by Crippen LogP contribution is 2.17. The standard InChI is InChI=1S/C16H29N5OS/c1-16(2,3)15(22)19-13-11-20(4)14(18-13)12-21-7-5-17-6-9-23-10-8-21/h11,17H,5-10,12H2,1-4H3,(H,19,22). The van der Waals surface area contributed by atoms with E-state index in [4.69, 9.17) is 0 Å². The van der Waals surface area contributed by atoms with Gasteiger partial charge in [0.15, 0.2) is 5.82 Å². The van der Waals surface area contributed by atoms with Gasteiger partial charge in [-0.15, -0.1) is 0 Å². The number of aromatic nitrogens is 2. The van der Waals surface area contributed by atoms with Crippen molar-refractivity contribution in [2.75, 3.05) is 43.0 Å². The summed E-state index contributed by atoms with van der Waals surface area (Å²) in [5, 5.41) is 6.37. The molecule has 23 heavy (non-hydrogen) atoms. The van der Waals surface area contributed by atoms with Crippen LogP contribution in [-0.4, -0.2) is 58.0 Å². The second-order valence-corrected chi connectivity index (χ2v) is 8.22. The lowest BCUT2D eigenvalue weighted by molar-refractivity contribution is -0.123. The summed E-state index contributed by atoms with van der Waals surface area (Å²) in [4.78, 5) is 19.1. The molecular weight excluding hydrogens is 310 g/mol. The molecule has 1 aromatic rings. The highest BCUT2D eigenvalue weighted by molar-refractivity contribution is 7.99.